The SMILES string of the molecule is Cc1cc(Br)ccc1C(=O)NCC(CC(C)C)C(=O)O. The van der Waals surface area contributed by atoms with E-state index in [9.17, 15) is 9.59 Å². The Bertz CT molecular complexity index is 500. The molecule has 20 heavy (non-hydrogen) atoms. The second kappa shape index (κ2) is 7.43. The number of carbonyl (C=O) groups is 2. The molecule has 1 aromatic carbocycles. The fourth-order valence-corrected chi connectivity index (χ4v) is 2.51. The van der Waals surface area contributed by atoms with Gasteiger partial charge >= 0.3 is 5.97 Å². The van der Waals surface area contributed by atoms with Crippen LogP contribution in [0.2, 0.25) is 0 Å². The van der Waals surface area contributed by atoms with Crippen molar-refractivity contribution in [3.63, 3.8) is 0 Å². The molecule has 1 atom stereocenters. The lowest BCUT2D eigenvalue weighted by molar-refractivity contribution is -0.142. The zero-order chi connectivity index (χ0) is 15.3. The van der Waals surface area contributed by atoms with Gasteiger partial charge in [0.15, 0.2) is 0 Å². The summed E-state index contributed by atoms with van der Waals surface area (Å²) >= 11 is 3.34. The molecule has 1 aromatic rings. The van der Waals surface area contributed by atoms with Gasteiger partial charge in [0, 0.05) is 16.6 Å². The van der Waals surface area contributed by atoms with Crippen molar-refractivity contribution in [1.29, 1.82) is 0 Å². The number of amides is 1. The minimum atomic E-state index is -0.869. The summed E-state index contributed by atoms with van der Waals surface area (Å²) in [5.41, 5.74) is 1.43. The Labute approximate surface area is 127 Å². The summed E-state index contributed by atoms with van der Waals surface area (Å²) in [5, 5.41) is 11.9. The summed E-state index contributed by atoms with van der Waals surface area (Å²) in [7, 11) is 0. The minimum absolute atomic E-state index is 0.155. The molecule has 0 radical (unpaired) electrons. The molecule has 0 saturated carbocycles. The highest BCUT2D eigenvalue weighted by atomic mass is 79.9. The first kappa shape index (κ1) is 16.7. The Morgan fingerprint density at radius 1 is 1.35 bits per heavy atom. The third kappa shape index (κ3) is 4.96. The quantitative estimate of drug-likeness (QED) is 0.834. The zero-order valence-electron chi connectivity index (χ0n) is 11.9. The fraction of sp³-hybridized carbons (Fsp3) is 0.467. The first-order valence-corrected chi connectivity index (χ1v) is 7.37. The van der Waals surface area contributed by atoms with Crippen molar-refractivity contribution in [1.82, 2.24) is 5.32 Å². The molecular weight excluding hydrogens is 322 g/mol. The van der Waals surface area contributed by atoms with Crippen molar-refractivity contribution in [3.05, 3.63) is 33.8 Å². The van der Waals surface area contributed by atoms with Gasteiger partial charge in [0.1, 0.15) is 0 Å². The average Bonchev–Trinajstić information content (AvgIpc) is 2.33. The van der Waals surface area contributed by atoms with Crippen molar-refractivity contribution < 1.29 is 14.7 Å². The van der Waals surface area contributed by atoms with Gasteiger partial charge in [-0.2, -0.15) is 0 Å². The Morgan fingerprint density at radius 2 is 2.00 bits per heavy atom. The maximum Gasteiger partial charge on any atom is 0.308 e. The molecule has 0 aliphatic heterocycles. The first-order valence-electron chi connectivity index (χ1n) is 6.58. The van der Waals surface area contributed by atoms with Crippen LogP contribution in [-0.2, 0) is 4.79 Å². The normalized spacial score (nSPS) is 12.2. The summed E-state index contributed by atoms with van der Waals surface area (Å²) in [6, 6.07) is 5.38. The zero-order valence-corrected chi connectivity index (χ0v) is 13.5. The lowest BCUT2D eigenvalue weighted by Crippen LogP contribution is -2.34. The molecule has 110 valence electrons. The molecule has 0 heterocycles. The number of carboxylic acids is 1. The number of hydrogen-bond donors (Lipinski definition) is 2. The van der Waals surface area contributed by atoms with E-state index in [1.807, 2.05) is 26.8 Å². The van der Waals surface area contributed by atoms with E-state index < -0.39 is 11.9 Å². The molecule has 1 unspecified atom stereocenters. The molecular formula is C15H20BrNO3. The number of carboxylic acid groups (broad SMARTS) is 1. The molecule has 0 fully saturated rings. The Balaban J connectivity index is 2.68. The molecule has 0 aromatic heterocycles. The van der Waals surface area contributed by atoms with Gasteiger partial charge in [-0.15, -0.1) is 0 Å². The van der Waals surface area contributed by atoms with E-state index in [0.29, 0.717) is 12.0 Å². The van der Waals surface area contributed by atoms with E-state index in [-0.39, 0.29) is 18.4 Å². The smallest absolute Gasteiger partial charge is 0.308 e. The van der Waals surface area contributed by atoms with Gasteiger partial charge in [0.25, 0.3) is 5.91 Å². The second-order valence-corrected chi connectivity index (χ2v) is 6.25. The maximum absolute atomic E-state index is 12.1. The van der Waals surface area contributed by atoms with Crippen molar-refractivity contribution in [2.45, 2.75) is 27.2 Å². The van der Waals surface area contributed by atoms with Crippen molar-refractivity contribution in [2.24, 2.45) is 11.8 Å². The molecule has 5 heteroatoms. The van der Waals surface area contributed by atoms with E-state index in [4.69, 9.17) is 5.11 Å². The third-order valence-electron chi connectivity index (χ3n) is 3.05. The summed E-state index contributed by atoms with van der Waals surface area (Å²) in [6.45, 7) is 5.94. The van der Waals surface area contributed by atoms with Gasteiger partial charge in [-0.25, -0.2) is 0 Å². The first-order chi connectivity index (χ1) is 9.31. The Morgan fingerprint density at radius 3 is 2.50 bits per heavy atom. The number of benzene rings is 1. The summed E-state index contributed by atoms with van der Waals surface area (Å²) < 4.78 is 0.912. The molecule has 0 aliphatic rings. The summed E-state index contributed by atoms with van der Waals surface area (Å²) in [5.74, 6) is -1.37. The predicted octanol–water partition coefficient (Wildman–Crippen LogP) is 3.23. The monoisotopic (exact) mass is 341 g/mol. The molecule has 1 rings (SSSR count). The van der Waals surface area contributed by atoms with E-state index in [0.717, 1.165) is 10.0 Å². The van der Waals surface area contributed by atoms with Crippen LogP contribution < -0.4 is 5.32 Å². The largest absolute Gasteiger partial charge is 0.481 e. The standard InChI is InChI=1S/C15H20BrNO3/c1-9(2)6-11(15(19)20)8-17-14(18)13-5-4-12(16)7-10(13)3/h4-5,7,9,11H,6,8H2,1-3H3,(H,17,18)(H,19,20). The molecule has 0 aliphatic carbocycles. The molecule has 0 saturated heterocycles. The minimum Gasteiger partial charge on any atom is -0.481 e. The van der Waals surface area contributed by atoms with Crippen LogP contribution >= 0.6 is 15.9 Å². The second-order valence-electron chi connectivity index (χ2n) is 5.33. The fourth-order valence-electron chi connectivity index (χ4n) is 2.03. The number of aliphatic carboxylic acids is 1. The lowest BCUT2D eigenvalue weighted by Gasteiger charge is -2.16. The van der Waals surface area contributed by atoms with Gasteiger partial charge in [-0.1, -0.05) is 29.8 Å². The maximum atomic E-state index is 12.1. The molecule has 0 spiro atoms. The van der Waals surface area contributed by atoms with Crippen LogP contribution in [0.15, 0.2) is 22.7 Å². The van der Waals surface area contributed by atoms with Crippen LogP contribution in [0.4, 0.5) is 0 Å². The van der Waals surface area contributed by atoms with E-state index in [1.54, 1.807) is 12.1 Å². The predicted molar refractivity (Wildman–Crippen MR) is 81.8 cm³/mol. The average molecular weight is 342 g/mol. The van der Waals surface area contributed by atoms with Crippen LogP contribution in [-0.4, -0.2) is 23.5 Å². The van der Waals surface area contributed by atoms with E-state index in [2.05, 4.69) is 21.2 Å². The van der Waals surface area contributed by atoms with Gasteiger partial charge in [-0.05, 0) is 43.0 Å². The summed E-state index contributed by atoms with van der Waals surface area (Å²) in [4.78, 5) is 23.2. The lowest BCUT2D eigenvalue weighted by atomic mass is 9.97. The van der Waals surface area contributed by atoms with E-state index in [1.165, 1.54) is 0 Å². The highest BCUT2D eigenvalue weighted by molar-refractivity contribution is 9.10. The van der Waals surface area contributed by atoms with Gasteiger partial charge in [0.05, 0.1) is 5.92 Å². The highest BCUT2D eigenvalue weighted by Gasteiger charge is 2.20. The number of halogens is 1. The summed E-state index contributed by atoms with van der Waals surface area (Å²) in [6.07, 6.45) is 0.551. The Kier molecular flexibility index (Phi) is 6.20. The van der Waals surface area contributed by atoms with Crippen molar-refractivity contribution >= 4 is 27.8 Å². The number of nitrogens with one attached hydrogen (secondary N) is 1. The molecule has 2 N–H and O–H groups in total. The van der Waals surface area contributed by atoms with Gasteiger partial charge < -0.3 is 10.4 Å². The number of rotatable bonds is 6. The molecule has 1 amide bonds. The number of carbonyl (C=O) groups excluding carboxylic acids is 1. The highest BCUT2D eigenvalue weighted by Crippen LogP contribution is 2.16. The topological polar surface area (TPSA) is 66.4 Å². The van der Waals surface area contributed by atoms with Crippen LogP contribution in [0.5, 0.6) is 0 Å². The van der Waals surface area contributed by atoms with Crippen molar-refractivity contribution in [3.8, 4) is 0 Å². The van der Waals surface area contributed by atoms with Crippen LogP contribution in [0.25, 0.3) is 0 Å². The number of aryl methyl sites for hydroxylation is 1. The van der Waals surface area contributed by atoms with Gasteiger partial charge in [-0.3, -0.25) is 9.59 Å². The third-order valence-corrected chi connectivity index (χ3v) is 3.54. The Hall–Kier alpha value is -1.36. The molecule has 4 nitrogen and oxygen atoms in total. The van der Waals surface area contributed by atoms with Crippen LogP contribution in [0.1, 0.15) is 36.2 Å². The number of hydrogen-bond acceptors (Lipinski definition) is 2. The van der Waals surface area contributed by atoms with E-state index >= 15 is 0 Å². The van der Waals surface area contributed by atoms with Gasteiger partial charge in [0.2, 0.25) is 0 Å². The van der Waals surface area contributed by atoms with Crippen LogP contribution in [0, 0.1) is 18.8 Å². The van der Waals surface area contributed by atoms with Crippen molar-refractivity contribution in [2.75, 3.05) is 6.54 Å². The van der Waals surface area contributed by atoms with Crippen LogP contribution in [0.3, 0.4) is 0 Å². The molecule has 0 bridgehead atoms.